The van der Waals surface area contributed by atoms with E-state index in [4.69, 9.17) is 9.98 Å². The summed E-state index contributed by atoms with van der Waals surface area (Å²) < 4.78 is 0. The van der Waals surface area contributed by atoms with Crippen molar-refractivity contribution in [1.82, 2.24) is 5.32 Å². The van der Waals surface area contributed by atoms with Crippen LogP contribution in [0, 0.1) is 0 Å². The summed E-state index contributed by atoms with van der Waals surface area (Å²) in [6.07, 6.45) is -0.299. The van der Waals surface area contributed by atoms with Crippen molar-refractivity contribution in [2.24, 2.45) is 9.98 Å². The Labute approximate surface area is 316 Å². The number of nitrogens with one attached hydrogen (secondary N) is 1. The molecule has 0 saturated carbocycles. The highest BCUT2D eigenvalue weighted by molar-refractivity contribution is 6.14. The highest BCUT2D eigenvalue weighted by atomic mass is 15.2. The Balaban J connectivity index is 1.30. The number of nitrogens with zero attached hydrogens (tertiary/aromatic N) is 2. The summed E-state index contributed by atoms with van der Waals surface area (Å²) in [5.74, 6) is 1.48. The van der Waals surface area contributed by atoms with Gasteiger partial charge in [0, 0.05) is 11.1 Å². The Bertz CT molecular complexity index is 2580. The Kier molecular flexibility index (Phi) is 9.02. The van der Waals surface area contributed by atoms with Crippen LogP contribution >= 0.6 is 0 Å². The van der Waals surface area contributed by atoms with E-state index in [9.17, 15) is 0 Å². The molecular formula is C51H37N3. The maximum atomic E-state index is 5.22. The van der Waals surface area contributed by atoms with Crippen LogP contribution in [0.25, 0.3) is 55.6 Å². The molecule has 0 amide bonds. The van der Waals surface area contributed by atoms with Crippen molar-refractivity contribution in [1.29, 1.82) is 0 Å². The number of hydrogen-bond acceptors (Lipinski definition) is 3. The predicted molar refractivity (Wildman–Crippen MR) is 225 cm³/mol. The highest BCUT2D eigenvalue weighted by Gasteiger charge is 2.23. The number of amidine groups is 2. The van der Waals surface area contributed by atoms with E-state index in [1.807, 2.05) is 24.3 Å². The molecule has 1 aliphatic heterocycles. The van der Waals surface area contributed by atoms with Crippen LogP contribution in [0.2, 0.25) is 0 Å². The molecule has 54 heavy (non-hydrogen) atoms. The summed E-state index contributed by atoms with van der Waals surface area (Å²) in [6, 6.07) is 75.0. The molecular weight excluding hydrogens is 655 g/mol. The molecule has 0 spiro atoms. The van der Waals surface area contributed by atoms with Gasteiger partial charge in [-0.05, 0) is 91.5 Å². The van der Waals surface area contributed by atoms with Crippen molar-refractivity contribution in [3.8, 4) is 55.6 Å². The third-order valence-electron chi connectivity index (χ3n) is 9.93. The van der Waals surface area contributed by atoms with Crippen LogP contribution in [0.4, 0.5) is 0 Å². The highest BCUT2D eigenvalue weighted by Crippen LogP contribution is 2.43. The topological polar surface area (TPSA) is 36.8 Å². The van der Waals surface area contributed by atoms with Crippen molar-refractivity contribution in [3.63, 3.8) is 0 Å². The van der Waals surface area contributed by atoms with E-state index in [2.05, 4.69) is 193 Å². The van der Waals surface area contributed by atoms with E-state index >= 15 is 0 Å². The minimum absolute atomic E-state index is 0.299. The van der Waals surface area contributed by atoms with Crippen LogP contribution in [0.5, 0.6) is 0 Å². The minimum Gasteiger partial charge on any atom is -0.344 e. The normalized spacial score (nSPS) is 13.7. The lowest BCUT2D eigenvalue weighted by molar-refractivity contribution is 0.674. The third kappa shape index (κ3) is 6.79. The fourth-order valence-electron chi connectivity index (χ4n) is 7.24. The molecule has 256 valence electrons. The van der Waals surface area contributed by atoms with Gasteiger partial charge in [0.15, 0.2) is 5.84 Å². The van der Waals surface area contributed by atoms with E-state index in [1.165, 1.54) is 22.3 Å². The smallest absolute Gasteiger partial charge is 0.159 e. The van der Waals surface area contributed by atoms with E-state index in [0.29, 0.717) is 5.84 Å². The fourth-order valence-corrected chi connectivity index (χ4v) is 7.24. The first kappa shape index (κ1) is 32.8. The second-order valence-electron chi connectivity index (χ2n) is 13.4. The summed E-state index contributed by atoms with van der Waals surface area (Å²) in [6.45, 7) is 0. The first-order valence-corrected chi connectivity index (χ1v) is 18.4. The van der Waals surface area contributed by atoms with Gasteiger partial charge in [-0.15, -0.1) is 0 Å². The Morgan fingerprint density at radius 3 is 1.17 bits per heavy atom. The summed E-state index contributed by atoms with van der Waals surface area (Å²) in [5, 5.41) is 3.72. The van der Waals surface area contributed by atoms with Crippen molar-refractivity contribution >= 4 is 11.7 Å². The molecule has 0 bridgehead atoms. The molecule has 0 aliphatic carbocycles. The summed E-state index contributed by atoms with van der Waals surface area (Å²) >= 11 is 0. The second-order valence-corrected chi connectivity index (χ2v) is 13.4. The number of aliphatic imine (C=N–C) groups is 2. The zero-order valence-corrected chi connectivity index (χ0v) is 29.7. The quantitative estimate of drug-likeness (QED) is 0.169. The van der Waals surface area contributed by atoms with Crippen LogP contribution in [-0.2, 0) is 0 Å². The van der Waals surface area contributed by atoms with Crippen molar-refractivity contribution < 1.29 is 0 Å². The van der Waals surface area contributed by atoms with Crippen molar-refractivity contribution in [2.45, 2.75) is 6.17 Å². The van der Waals surface area contributed by atoms with E-state index in [1.54, 1.807) is 0 Å². The summed E-state index contributed by atoms with van der Waals surface area (Å²) in [4.78, 5) is 10.3. The molecule has 8 aromatic rings. The van der Waals surface area contributed by atoms with Crippen LogP contribution in [0.3, 0.4) is 0 Å². The van der Waals surface area contributed by atoms with E-state index in [0.717, 1.165) is 55.9 Å². The Morgan fingerprint density at radius 1 is 0.315 bits per heavy atom. The maximum Gasteiger partial charge on any atom is 0.159 e. The number of hydrogen-bond donors (Lipinski definition) is 1. The monoisotopic (exact) mass is 691 g/mol. The first-order valence-electron chi connectivity index (χ1n) is 18.4. The van der Waals surface area contributed by atoms with Crippen LogP contribution in [0.15, 0.2) is 222 Å². The van der Waals surface area contributed by atoms with Crippen molar-refractivity contribution in [2.75, 3.05) is 0 Å². The van der Waals surface area contributed by atoms with Crippen molar-refractivity contribution in [3.05, 3.63) is 229 Å². The molecule has 1 N–H and O–H groups in total. The van der Waals surface area contributed by atoms with Crippen LogP contribution in [0.1, 0.15) is 22.9 Å². The molecule has 0 radical (unpaired) electrons. The molecule has 3 nitrogen and oxygen atoms in total. The van der Waals surface area contributed by atoms with Gasteiger partial charge in [0.2, 0.25) is 0 Å². The predicted octanol–water partition coefficient (Wildman–Crippen LogP) is 12.5. The molecule has 3 heteroatoms. The molecule has 9 rings (SSSR count). The zero-order valence-electron chi connectivity index (χ0n) is 29.7. The minimum atomic E-state index is -0.299. The van der Waals surface area contributed by atoms with Crippen LogP contribution < -0.4 is 5.32 Å². The molecule has 0 saturated heterocycles. The van der Waals surface area contributed by atoms with Gasteiger partial charge in [-0.3, -0.25) is 0 Å². The Hall–Kier alpha value is -7.10. The molecule has 0 fully saturated rings. The third-order valence-corrected chi connectivity index (χ3v) is 9.93. The lowest BCUT2D eigenvalue weighted by Crippen LogP contribution is -2.33. The van der Waals surface area contributed by atoms with Gasteiger partial charge in [-0.2, -0.15) is 0 Å². The van der Waals surface area contributed by atoms with Gasteiger partial charge in [0.1, 0.15) is 12.0 Å². The van der Waals surface area contributed by atoms with Crippen LogP contribution in [-0.4, -0.2) is 11.7 Å². The average Bonchev–Trinajstić information content (AvgIpc) is 3.27. The lowest BCUT2D eigenvalue weighted by atomic mass is 9.84. The molecule has 8 aromatic carbocycles. The molecule has 1 heterocycles. The standard InChI is InChI=1S/C51H37N3/c1-7-19-36(20-8-1)42-31-43(33-44(32-42)51-53-49(40-27-15-5-16-28-40)52-50(54-51)41-29-17-6-18-30-41)48-35-46(38-23-11-3-12-24-38)45(37-21-9-2-10-22-37)34-47(48)39-25-13-4-14-26-39/h1-35,49H,(H,52,53,54). The number of rotatable bonds is 8. The maximum absolute atomic E-state index is 5.22. The first-order chi connectivity index (χ1) is 26.8. The largest absolute Gasteiger partial charge is 0.344 e. The molecule has 0 aromatic heterocycles. The number of benzene rings is 8. The Morgan fingerprint density at radius 2 is 0.685 bits per heavy atom. The average molecular weight is 692 g/mol. The molecule has 1 atom stereocenters. The van der Waals surface area contributed by atoms with Gasteiger partial charge in [0.25, 0.3) is 0 Å². The van der Waals surface area contributed by atoms with Gasteiger partial charge in [-0.25, -0.2) is 9.98 Å². The zero-order chi connectivity index (χ0) is 36.1. The van der Waals surface area contributed by atoms with Gasteiger partial charge < -0.3 is 5.32 Å². The fraction of sp³-hybridized carbons (Fsp3) is 0.0196. The lowest BCUT2D eigenvalue weighted by Gasteiger charge is -2.25. The van der Waals surface area contributed by atoms with Gasteiger partial charge in [-0.1, -0.05) is 182 Å². The van der Waals surface area contributed by atoms with Gasteiger partial charge in [0.05, 0.1) is 0 Å². The SMILES string of the molecule is c1ccc(C2=NC(c3ccccc3)NC(c3cc(-c4ccccc4)cc(-c4cc(-c5ccccc5)c(-c5ccccc5)cc4-c4ccccc4)c3)=N2)cc1. The van der Waals surface area contributed by atoms with E-state index in [-0.39, 0.29) is 6.17 Å². The molecule has 1 unspecified atom stereocenters. The summed E-state index contributed by atoms with van der Waals surface area (Å²) in [7, 11) is 0. The molecule has 1 aliphatic rings. The summed E-state index contributed by atoms with van der Waals surface area (Å²) in [5.41, 5.74) is 14.6. The second kappa shape index (κ2) is 14.9. The van der Waals surface area contributed by atoms with Gasteiger partial charge >= 0.3 is 0 Å². The van der Waals surface area contributed by atoms with E-state index < -0.39 is 0 Å².